The van der Waals surface area contributed by atoms with Gasteiger partial charge in [-0.25, -0.2) is 19.9 Å². The van der Waals surface area contributed by atoms with Gasteiger partial charge in [-0.05, 0) is 17.8 Å². The van der Waals surface area contributed by atoms with Crippen LogP contribution in [0.5, 0.6) is 0 Å². The zero-order valence-electron chi connectivity index (χ0n) is 10.7. The molecule has 3 rings (SSSR count). The molecule has 0 radical (unpaired) electrons. The quantitative estimate of drug-likeness (QED) is 0.249. The van der Waals surface area contributed by atoms with Gasteiger partial charge in [0.2, 0.25) is 0 Å². The molecule has 0 unspecified atom stereocenters. The highest BCUT2D eigenvalue weighted by atomic mass is 32.2. The Hall–Kier alpha value is -2.74. The molecule has 0 bridgehead atoms. The molecule has 0 amide bonds. The van der Waals surface area contributed by atoms with Gasteiger partial charge in [0.25, 0.3) is 0 Å². The number of fused-ring (bicyclic) bond motifs is 1. The van der Waals surface area contributed by atoms with Crippen molar-refractivity contribution in [2.75, 3.05) is 0 Å². The molecule has 21 heavy (non-hydrogen) atoms. The Labute approximate surface area is 124 Å². The summed E-state index contributed by atoms with van der Waals surface area (Å²) in [4.78, 5) is 16.8. The summed E-state index contributed by atoms with van der Waals surface area (Å²) in [5.74, 6) is -0.0936. The Morgan fingerprint density at radius 1 is 1.05 bits per heavy atom. The molecular weight excluding hydrogens is 288 g/mol. The number of oxime groups is 1. The number of amidine groups is 1. The lowest BCUT2D eigenvalue weighted by atomic mass is 10.2. The summed E-state index contributed by atoms with van der Waals surface area (Å²) in [7, 11) is 0. The van der Waals surface area contributed by atoms with E-state index in [4.69, 9.17) is 10.9 Å². The molecule has 104 valence electrons. The highest BCUT2D eigenvalue weighted by molar-refractivity contribution is 7.99. The lowest BCUT2D eigenvalue weighted by Gasteiger charge is -2.06. The number of nitrogens with zero attached hydrogens (tertiary/aromatic N) is 5. The summed E-state index contributed by atoms with van der Waals surface area (Å²) >= 11 is 1.29. The monoisotopic (exact) mass is 298 g/mol. The van der Waals surface area contributed by atoms with Gasteiger partial charge in [0.05, 0.1) is 5.52 Å². The van der Waals surface area contributed by atoms with Gasteiger partial charge < -0.3 is 10.9 Å². The topological polar surface area (TPSA) is 110 Å². The summed E-state index contributed by atoms with van der Waals surface area (Å²) in [5, 5.41) is 13.9. The van der Waals surface area contributed by atoms with E-state index in [9.17, 15) is 0 Å². The van der Waals surface area contributed by atoms with Crippen LogP contribution < -0.4 is 5.73 Å². The third-order valence-corrected chi connectivity index (χ3v) is 3.73. The minimum Gasteiger partial charge on any atom is -0.409 e. The van der Waals surface area contributed by atoms with Crippen LogP contribution in [0.2, 0.25) is 0 Å². The molecule has 2 heterocycles. The van der Waals surface area contributed by atoms with Crippen LogP contribution in [0.15, 0.2) is 58.2 Å². The Morgan fingerprint density at radius 3 is 2.71 bits per heavy atom. The van der Waals surface area contributed by atoms with Crippen molar-refractivity contribution in [2.24, 2.45) is 10.9 Å². The number of nitrogens with two attached hydrogens (primary N) is 1. The Balaban J connectivity index is 2.08. The first kappa shape index (κ1) is 13.3. The fourth-order valence-corrected chi connectivity index (χ4v) is 2.71. The van der Waals surface area contributed by atoms with Gasteiger partial charge >= 0.3 is 0 Å². The van der Waals surface area contributed by atoms with Crippen molar-refractivity contribution in [3.05, 3.63) is 48.7 Å². The Morgan fingerprint density at radius 2 is 1.86 bits per heavy atom. The summed E-state index contributed by atoms with van der Waals surface area (Å²) in [6, 6.07) is 7.66. The fourth-order valence-electron chi connectivity index (χ4n) is 1.78. The molecular formula is C13H10N6OS. The molecule has 3 aromatic rings. The number of benzene rings is 1. The maximum absolute atomic E-state index is 8.81. The van der Waals surface area contributed by atoms with Crippen LogP contribution in [-0.4, -0.2) is 31.0 Å². The van der Waals surface area contributed by atoms with E-state index in [1.54, 1.807) is 6.20 Å². The number of aromatic nitrogens is 4. The number of hydrogen-bond donors (Lipinski definition) is 2. The van der Waals surface area contributed by atoms with Crippen molar-refractivity contribution >= 4 is 28.5 Å². The third-order valence-electron chi connectivity index (χ3n) is 2.71. The van der Waals surface area contributed by atoms with E-state index >= 15 is 0 Å². The van der Waals surface area contributed by atoms with E-state index in [0.29, 0.717) is 10.7 Å². The molecule has 0 aliphatic rings. The number of hydrogen-bond acceptors (Lipinski definition) is 7. The van der Waals surface area contributed by atoms with Crippen LogP contribution in [0, 0.1) is 0 Å². The number of rotatable bonds is 3. The van der Waals surface area contributed by atoms with Crippen molar-refractivity contribution in [2.45, 2.75) is 10.1 Å². The first-order chi connectivity index (χ1) is 10.3. The van der Waals surface area contributed by atoms with Gasteiger partial charge in [0.15, 0.2) is 5.84 Å². The second kappa shape index (κ2) is 5.71. The molecule has 3 N–H and O–H groups in total. The van der Waals surface area contributed by atoms with Crippen LogP contribution in [0.1, 0.15) is 5.69 Å². The van der Waals surface area contributed by atoms with E-state index < -0.39 is 0 Å². The molecule has 0 saturated heterocycles. The molecule has 0 spiro atoms. The maximum atomic E-state index is 8.81. The Kier molecular flexibility index (Phi) is 3.61. The first-order valence-electron chi connectivity index (χ1n) is 5.96. The van der Waals surface area contributed by atoms with Gasteiger partial charge in [-0.1, -0.05) is 23.4 Å². The molecule has 2 aromatic heterocycles. The average Bonchev–Trinajstić information content (AvgIpc) is 2.55. The van der Waals surface area contributed by atoms with Crippen LogP contribution in [0.25, 0.3) is 10.9 Å². The van der Waals surface area contributed by atoms with E-state index in [1.807, 2.05) is 24.3 Å². The van der Waals surface area contributed by atoms with Gasteiger partial charge in [0, 0.05) is 17.8 Å². The lowest BCUT2D eigenvalue weighted by molar-refractivity contribution is 0.318. The molecule has 1 aromatic carbocycles. The fraction of sp³-hybridized carbons (Fsp3) is 0. The number of para-hydroxylation sites is 1. The zero-order chi connectivity index (χ0) is 14.7. The molecule has 0 fully saturated rings. The van der Waals surface area contributed by atoms with Crippen molar-refractivity contribution in [3.63, 3.8) is 0 Å². The van der Waals surface area contributed by atoms with Gasteiger partial charge in [-0.2, -0.15) is 0 Å². The Bertz CT molecular complexity index is 817. The molecule has 8 heteroatoms. The maximum Gasteiger partial charge on any atom is 0.191 e. The summed E-state index contributed by atoms with van der Waals surface area (Å²) in [6.07, 6.45) is 4.51. The second-order valence-electron chi connectivity index (χ2n) is 3.99. The summed E-state index contributed by atoms with van der Waals surface area (Å²) in [6.45, 7) is 0. The van der Waals surface area contributed by atoms with Crippen molar-refractivity contribution in [1.82, 2.24) is 19.9 Å². The van der Waals surface area contributed by atoms with Crippen molar-refractivity contribution in [3.8, 4) is 0 Å². The van der Waals surface area contributed by atoms with Gasteiger partial charge in [0.1, 0.15) is 22.1 Å². The zero-order valence-corrected chi connectivity index (χ0v) is 11.5. The van der Waals surface area contributed by atoms with Gasteiger partial charge in [-0.15, -0.1) is 0 Å². The van der Waals surface area contributed by atoms with Crippen LogP contribution in [-0.2, 0) is 0 Å². The summed E-state index contributed by atoms with van der Waals surface area (Å²) < 4.78 is 0. The first-order valence-corrected chi connectivity index (χ1v) is 6.77. The highest BCUT2D eigenvalue weighted by Crippen LogP contribution is 2.30. The molecule has 7 nitrogen and oxygen atoms in total. The molecule has 0 aliphatic heterocycles. The van der Waals surface area contributed by atoms with Crippen LogP contribution in [0.4, 0.5) is 0 Å². The third kappa shape index (κ3) is 2.61. The predicted molar refractivity (Wildman–Crippen MR) is 78.2 cm³/mol. The molecule has 0 aliphatic carbocycles. The van der Waals surface area contributed by atoms with E-state index in [0.717, 1.165) is 15.9 Å². The molecule has 0 atom stereocenters. The van der Waals surface area contributed by atoms with Crippen LogP contribution >= 0.6 is 11.8 Å². The lowest BCUT2D eigenvalue weighted by Crippen LogP contribution is -2.16. The second-order valence-corrected chi connectivity index (χ2v) is 4.97. The van der Waals surface area contributed by atoms with Crippen LogP contribution in [0.3, 0.4) is 0 Å². The standard InChI is InChI=1S/C13H10N6OS/c14-11(19-20)10-13(16-6-5-15-10)21-12-8-3-1-2-4-9(8)17-7-18-12/h1-7,20H,(H2,14,19). The van der Waals surface area contributed by atoms with Crippen molar-refractivity contribution in [1.29, 1.82) is 0 Å². The van der Waals surface area contributed by atoms with Crippen molar-refractivity contribution < 1.29 is 5.21 Å². The normalized spacial score (nSPS) is 11.7. The smallest absolute Gasteiger partial charge is 0.191 e. The predicted octanol–water partition coefficient (Wildman–Crippen LogP) is 1.67. The SMILES string of the molecule is NC(=NO)c1nccnc1Sc1ncnc2ccccc12. The largest absolute Gasteiger partial charge is 0.409 e. The minimum atomic E-state index is -0.0936. The van der Waals surface area contributed by atoms with E-state index in [1.165, 1.54) is 24.3 Å². The summed E-state index contributed by atoms with van der Waals surface area (Å²) in [5.41, 5.74) is 6.76. The van der Waals surface area contributed by atoms with E-state index in [-0.39, 0.29) is 5.84 Å². The minimum absolute atomic E-state index is 0.0936. The molecule has 0 saturated carbocycles. The average molecular weight is 298 g/mol. The van der Waals surface area contributed by atoms with Gasteiger partial charge in [-0.3, -0.25) is 0 Å². The highest BCUT2D eigenvalue weighted by Gasteiger charge is 2.13. The van der Waals surface area contributed by atoms with E-state index in [2.05, 4.69) is 25.1 Å².